The van der Waals surface area contributed by atoms with Crippen molar-refractivity contribution in [3.63, 3.8) is 0 Å². The summed E-state index contributed by atoms with van der Waals surface area (Å²) >= 11 is 1.64. The van der Waals surface area contributed by atoms with Crippen molar-refractivity contribution in [3.8, 4) is 5.75 Å². The molecule has 0 fully saturated rings. The van der Waals surface area contributed by atoms with Crippen LogP contribution in [0.3, 0.4) is 0 Å². The monoisotopic (exact) mass is 342 g/mol. The van der Waals surface area contributed by atoms with Gasteiger partial charge < -0.3 is 10.1 Å². The molecule has 124 valence electrons. The first kappa shape index (κ1) is 16.3. The lowest BCUT2D eigenvalue weighted by Gasteiger charge is -2.05. The number of aromatic nitrogens is 3. The number of thioether (sulfide) groups is 1. The molecule has 2 heterocycles. The Bertz CT molecular complexity index is 817. The van der Waals surface area contributed by atoms with E-state index in [4.69, 9.17) is 4.74 Å². The van der Waals surface area contributed by atoms with E-state index in [0.717, 1.165) is 27.9 Å². The van der Waals surface area contributed by atoms with E-state index in [9.17, 15) is 4.79 Å². The molecule has 3 rings (SSSR count). The van der Waals surface area contributed by atoms with Crippen LogP contribution >= 0.6 is 11.8 Å². The molecule has 0 atom stereocenters. The molecule has 0 saturated heterocycles. The third-order valence-corrected chi connectivity index (χ3v) is 4.50. The fourth-order valence-corrected chi connectivity index (χ4v) is 3.06. The van der Waals surface area contributed by atoms with Crippen LogP contribution in [0.5, 0.6) is 5.75 Å². The number of carbonyl (C=O) groups is 1. The van der Waals surface area contributed by atoms with Crippen molar-refractivity contribution in [2.75, 3.05) is 12.9 Å². The molecule has 1 N–H and O–H groups in total. The summed E-state index contributed by atoms with van der Waals surface area (Å²) in [5.74, 6) is 2.28. The summed E-state index contributed by atoms with van der Waals surface area (Å²) in [6, 6.07) is 13.5. The molecule has 0 spiro atoms. The fraction of sp³-hybridized carbons (Fsp3) is 0.235. The Kier molecular flexibility index (Phi) is 5.32. The van der Waals surface area contributed by atoms with E-state index < -0.39 is 0 Å². The zero-order valence-electron chi connectivity index (χ0n) is 13.3. The summed E-state index contributed by atoms with van der Waals surface area (Å²) in [7, 11) is 1.64. The van der Waals surface area contributed by atoms with Crippen LogP contribution in [0.1, 0.15) is 12.2 Å². The largest absolute Gasteiger partial charge is 0.497 e. The average Bonchev–Trinajstić information content (AvgIpc) is 3.04. The van der Waals surface area contributed by atoms with E-state index in [2.05, 4.69) is 15.5 Å². The van der Waals surface area contributed by atoms with Gasteiger partial charge in [0.25, 0.3) is 0 Å². The SMILES string of the molecule is COc1ccc(SCCC(=O)NCc2nnc3ccccn23)cc1. The molecule has 6 nitrogen and oxygen atoms in total. The average molecular weight is 342 g/mol. The number of pyridine rings is 1. The van der Waals surface area contributed by atoms with Gasteiger partial charge in [-0.3, -0.25) is 9.20 Å². The molecule has 0 unspecified atom stereocenters. The number of rotatable bonds is 7. The number of nitrogens with one attached hydrogen (secondary N) is 1. The maximum absolute atomic E-state index is 12.0. The molecule has 0 radical (unpaired) electrons. The number of nitrogens with zero attached hydrogens (tertiary/aromatic N) is 3. The van der Waals surface area contributed by atoms with Crippen molar-refractivity contribution < 1.29 is 9.53 Å². The van der Waals surface area contributed by atoms with Gasteiger partial charge in [-0.05, 0) is 36.4 Å². The zero-order chi connectivity index (χ0) is 16.8. The molecule has 3 aromatic rings. The van der Waals surface area contributed by atoms with Crippen molar-refractivity contribution in [1.82, 2.24) is 19.9 Å². The lowest BCUT2D eigenvalue weighted by atomic mass is 10.3. The van der Waals surface area contributed by atoms with Gasteiger partial charge in [0.1, 0.15) is 5.75 Å². The van der Waals surface area contributed by atoms with Gasteiger partial charge in [0, 0.05) is 23.3 Å². The summed E-state index contributed by atoms with van der Waals surface area (Å²) in [6.07, 6.45) is 2.34. The van der Waals surface area contributed by atoms with E-state index in [1.165, 1.54) is 0 Å². The second-order valence-electron chi connectivity index (χ2n) is 5.10. The third-order valence-electron chi connectivity index (χ3n) is 3.49. The van der Waals surface area contributed by atoms with Gasteiger partial charge in [-0.15, -0.1) is 22.0 Å². The summed E-state index contributed by atoms with van der Waals surface area (Å²) < 4.78 is 6.99. The Morgan fingerprint density at radius 2 is 2.04 bits per heavy atom. The minimum absolute atomic E-state index is 0.00342. The van der Waals surface area contributed by atoms with Crippen LogP contribution in [0.4, 0.5) is 0 Å². The number of methoxy groups -OCH3 is 1. The molecule has 0 aliphatic heterocycles. The van der Waals surface area contributed by atoms with Crippen LogP contribution in [0, 0.1) is 0 Å². The zero-order valence-corrected chi connectivity index (χ0v) is 14.1. The van der Waals surface area contributed by atoms with Crippen LogP contribution in [0.15, 0.2) is 53.6 Å². The van der Waals surface area contributed by atoms with Crippen molar-refractivity contribution in [3.05, 3.63) is 54.5 Å². The Labute approximate surface area is 144 Å². The van der Waals surface area contributed by atoms with Crippen LogP contribution in [0.2, 0.25) is 0 Å². The van der Waals surface area contributed by atoms with Gasteiger partial charge in [-0.1, -0.05) is 6.07 Å². The third kappa shape index (κ3) is 4.05. The molecule has 2 aromatic heterocycles. The standard InChI is InChI=1S/C17H18N4O2S/c1-23-13-5-7-14(8-6-13)24-11-9-17(22)18-12-16-20-19-15-4-2-3-10-21(15)16/h2-8,10H,9,11-12H2,1H3,(H,18,22). The lowest BCUT2D eigenvalue weighted by Crippen LogP contribution is -2.24. The van der Waals surface area contributed by atoms with Crippen molar-refractivity contribution in [1.29, 1.82) is 0 Å². The highest BCUT2D eigenvalue weighted by atomic mass is 32.2. The number of amides is 1. The first-order valence-electron chi connectivity index (χ1n) is 7.58. The highest BCUT2D eigenvalue weighted by Crippen LogP contribution is 2.21. The van der Waals surface area contributed by atoms with Crippen LogP contribution in [-0.2, 0) is 11.3 Å². The molecule has 0 aliphatic carbocycles. The maximum atomic E-state index is 12.0. The van der Waals surface area contributed by atoms with Gasteiger partial charge in [-0.2, -0.15) is 0 Å². The number of benzene rings is 1. The first-order chi connectivity index (χ1) is 11.8. The Balaban J connectivity index is 1.44. The number of ether oxygens (including phenoxy) is 1. The summed E-state index contributed by atoms with van der Waals surface area (Å²) in [5.41, 5.74) is 0.775. The Morgan fingerprint density at radius 3 is 2.83 bits per heavy atom. The quantitative estimate of drug-likeness (QED) is 0.668. The van der Waals surface area contributed by atoms with E-state index in [1.807, 2.05) is 53.1 Å². The molecule has 7 heteroatoms. The van der Waals surface area contributed by atoms with Gasteiger partial charge in [0.2, 0.25) is 5.91 Å². The fourth-order valence-electron chi connectivity index (χ4n) is 2.21. The first-order valence-corrected chi connectivity index (χ1v) is 8.57. The number of carbonyl (C=O) groups excluding carboxylic acids is 1. The second kappa shape index (κ2) is 7.83. The topological polar surface area (TPSA) is 68.5 Å². The van der Waals surface area contributed by atoms with Gasteiger partial charge in [-0.25, -0.2) is 0 Å². The summed E-state index contributed by atoms with van der Waals surface area (Å²) in [4.78, 5) is 13.1. The van der Waals surface area contributed by atoms with E-state index >= 15 is 0 Å². The van der Waals surface area contributed by atoms with Crippen molar-refractivity contribution in [2.24, 2.45) is 0 Å². The molecular weight excluding hydrogens is 324 g/mol. The molecule has 1 amide bonds. The molecule has 1 aromatic carbocycles. The predicted molar refractivity (Wildman–Crippen MR) is 93.2 cm³/mol. The van der Waals surface area contributed by atoms with Crippen molar-refractivity contribution >= 4 is 23.3 Å². The minimum atomic E-state index is 0.00342. The highest BCUT2D eigenvalue weighted by Gasteiger charge is 2.07. The summed E-state index contributed by atoms with van der Waals surface area (Å²) in [6.45, 7) is 0.372. The number of hydrogen-bond donors (Lipinski definition) is 1. The van der Waals surface area contributed by atoms with E-state index in [1.54, 1.807) is 18.9 Å². The van der Waals surface area contributed by atoms with Crippen LogP contribution < -0.4 is 10.1 Å². The van der Waals surface area contributed by atoms with Gasteiger partial charge in [0.05, 0.1) is 13.7 Å². The van der Waals surface area contributed by atoms with Gasteiger partial charge >= 0.3 is 0 Å². The van der Waals surface area contributed by atoms with Gasteiger partial charge in [0.15, 0.2) is 11.5 Å². The molecule has 0 aliphatic rings. The molecule has 0 saturated carbocycles. The Hall–Kier alpha value is -2.54. The van der Waals surface area contributed by atoms with Crippen LogP contribution in [-0.4, -0.2) is 33.4 Å². The van der Waals surface area contributed by atoms with Crippen molar-refractivity contribution in [2.45, 2.75) is 17.9 Å². The predicted octanol–water partition coefficient (Wildman–Crippen LogP) is 2.54. The Morgan fingerprint density at radius 1 is 1.21 bits per heavy atom. The highest BCUT2D eigenvalue weighted by molar-refractivity contribution is 7.99. The van der Waals surface area contributed by atoms with E-state index in [0.29, 0.717) is 13.0 Å². The molecular formula is C17H18N4O2S. The molecule has 24 heavy (non-hydrogen) atoms. The number of fused-ring (bicyclic) bond motifs is 1. The normalized spacial score (nSPS) is 10.7. The number of hydrogen-bond acceptors (Lipinski definition) is 5. The summed E-state index contributed by atoms with van der Waals surface area (Å²) in [5, 5.41) is 11.0. The second-order valence-corrected chi connectivity index (χ2v) is 6.26. The van der Waals surface area contributed by atoms with E-state index in [-0.39, 0.29) is 5.91 Å². The lowest BCUT2D eigenvalue weighted by molar-refractivity contribution is -0.120. The van der Waals surface area contributed by atoms with Crippen LogP contribution in [0.25, 0.3) is 5.65 Å². The maximum Gasteiger partial charge on any atom is 0.221 e. The minimum Gasteiger partial charge on any atom is -0.497 e. The molecule has 0 bridgehead atoms. The smallest absolute Gasteiger partial charge is 0.221 e.